The van der Waals surface area contributed by atoms with Crippen molar-refractivity contribution in [2.45, 2.75) is 72.3 Å². The lowest BCUT2D eigenvalue weighted by Gasteiger charge is -2.39. The van der Waals surface area contributed by atoms with Gasteiger partial charge in [0.2, 0.25) is 0 Å². The van der Waals surface area contributed by atoms with Crippen LogP contribution in [-0.4, -0.2) is 29.8 Å². The van der Waals surface area contributed by atoms with Crippen LogP contribution in [0.1, 0.15) is 66.2 Å². The maximum absolute atomic E-state index is 12.4. The zero-order chi connectivity index (χ0) is 16.8. The number of carbonyl (C=O) groups excluding carboxylic acids is 1. The molecule has 0 aromatic rings. The largest absolute Gasteiger partial charge is 0.300 e. The highest BCUT2D eigenvalue weighted by Crippen LogP contribution is 2.36. The van der Waals surface area contributed by atoms with Crippen LogP contribution in [0, 0.1) is 17.8 Å². The molecule has 1 saturated heterocycles. The minimum absolute atomic E-state index is 0.212. The summed E-state index contributed by atoms with van der Waals surface area (Å²) in [6, 6.07) is 0.360. The predicted molar refractivity (Wildman–Crippen MR) is 98.5 cm³/mol. The Morgan fingerprint density at radius 2 is 1.96 bits per heavy atom. The number of nitrogens with zero attached hydrogens (tertiary/aromatic N) is 1. The molecule has 2 aliphatic rings. The van der Waals surface area contributed by atoms with E-state index in [1.165, 1.54) is 50.8 Å². The highest BCUT2D eigenvalue weighted by molar-refractivity contribution is 5.80. The van der Waals surface area contributed by atoms with Crippen LogP contribution in [0.25, 0.3) is 0 Å². The summed E-state index contributed by atoms with van der Waals surface area (Å²) in [6.07, 6.45) is 14.3. The van der Waals surface area contributed by atoms with Crippen molar-refractivity contribution in [3.05, 3.63) is 23.8 Å². The van der Waals surface area contributed by atoms with E-state index < -0.39 is 0 Å². The Balaban J connectivity index is 1.97. The topological polar surface area (TPSA) is 20.3 Å². The second-order valence-corrected chi connectivity index (χ2v) is 7.99. The van der Waals surface area contributed by atoms with Crippen LogP contribution in [-0.2, 0) is 4.79 Å². The van der Waals surface area contributed by atoms with Gasteiger partial charge in [-0.3, -0.25) is 9.69 Å². The summed E-state index contributed by atoms with van der Waals surface area (Å²) in [5.74, 6) is 1.84. The SMILES string of the molecule is CC(=O)[C@H]1C(N2CCCC2)C=CC[C@@H]1CC(C)CCC=C(C)C. The van der Waals surface area contributed by atoms with Crippen LogP contribution in [0.5, 0.6) is 0 Å². The Bertz CT molecular complexity index is 441. The molecular weight excluding hydrogens is 282 g/mol. The van der Waals surface area contributed by atoms with Gasteiger partial charge in [-0.25, -0.2) is 0 Å². The molecule has 1 fully saturated rings. The molecule has 2 nitrogen and oxygen atoms in total. The standard InChI is InChI=1S/C21H35NO/c1-16(2)9-7-10-17(3)15-19-11-8-12-20(21(19)18(4)23)22-13-5-6-14-22/h8-9,12,17,19-21H,5-7,10-11,13-15H2,1-4H3/t17?,19-,20?,21-/m1/s1. The van der Waals surface area contributed by atoms with E-state index in [4.69, 9.17) is 0 Å². The average Bonchev–Trinajstić information content (AvgIpc) is 3.00. The summed E-state index contributed by atoms with van der Waals surface area (Å²) in [4.78, 5) is 14.9. The molecule has 130 valence electrons. The molecule has 0 N–H and O–H groups in total. The Morgan fingerprint density at radius 1 is 1.26 bits per heavy atom. The number of Topliss-reactive ketones (excluding diaryl/α,β-unsaturated/α-hetero) is 1. The van der Waals surface area contributed by atoms with Crippen LogP contribution in [0.3, 0.4) is 0 Å². The molecule has 0 aromatic heterocycles. The Labute approximate surface area is 143 Å². The molecule has 2 rings (SSSR count). The van der Waals surface area contributed by atoms with Crippen molar-refractivity contribution in [1.82, 2.24) is 4.90 Å². The lowest BCUT2D eigenvalue weighted by molar-refractivity contribution is -0.124. The summed E-state index contributed by atoms with van der Waals surface area (Å²) < 4.78 is 0. The van der Waals surface area contributed by atoms with Gasteiger partial charge in [0.15, 0.2) is 0 Å². The van der Waals surface area contributed by atoms with E-state index in [9.17, 15) is 4.79 Å². The third kappa shape index (κ3) is 5.31. The van der Waals surface area contributed by atoms with Gasteiger partial charge in [0.05, 0.1) is 0 Å². The Morgan fingerprint density at radius 3 is 2.57 bits per heavy atom. The van der Waals surface area contributed by atoms with Crippen molar-refractivity contribution < 1.29 is 4.79 Å². The van der Waals surface area contributed by atoms with Gasteiger partial charge in [-0.15, -0.1) is 0 Å². The van der Waals surface area contributed by atoms with Gasteiger partial charge < -0.3 is 0 Å². The van der Waals surface area contributed by atoms with Crippen molar-refractivity contribution in [2.24, 2.45) is 17.8 Å². The van der Waals surface area contributed by atoms with Crippen LogP contribution in [0.15, 0.2) is 23.8 Å². The fraction of sp³-hybridized carbons (Fsp3) is 0.762. The van der Waals surface area contributed by atoms with Gasteiger partial charge in [0.1, 0.15) is 5.78 Å². The van der Waals surface area contributed by atoms with Gasteiger partial charge in [0.25, 0.3) is 0 Å². The van der Waals surface area contributed by atoms with Crippen LogP contribution >= 0.6 is 0 Å². The van der Waals surface area contributed by atoms with Crippen LogP contribution in [0.4, 0.5) is 0 Å². The first-order valence-electron chi connectivity index (χ1n) is 9.53. The van der Waals surface area contributed by atoms with E-state index in [-0.39, 0.29) is 5.92 Å². The fourth-order valence-corrected chi connectivity index (χ4v) is 4.43. The minimum atomic E-state index is 0.212. The molecule has 0 spiro atoms. The maximum Gasteiger partial charge on any atom is 0.135 e. The molecule has 1 aliphatic carbocycles. The third-order valence-corrected chi connectivity index (χ3v) is 5.60. The molecule has 4 atom stereocenters. The number of allylic oxidation sites excluding steroid dienone is 3. The number of rotatable bonds is 7. The van der Waals surface area contributed by atoms with E-state index in [1.807, 2.05) is 6.92 Å². The third-order valence-electron chi connectivity index (χ3n) is 5.60. The monoisotopic (exact) mass is 317 g/mol. The van der Waals surface area contributed by atoms with Crippen molar-refractivity contribution in [3.8, 4) is 0 Å². The molecule has 2 unspecified atom stereocenters. The summed E-state index contributed by atoms with van der Waals surface area (Å²) >= 11 is 0. The molecule has 23 heavy (non-hydrogen) atoms. The molecule has 0 radical (unpaired) electrons. The smallest absolute Gasteiger partial charge is 0.135 e. The number of hydrogen-bond donors (Lipinski definition) is 0. The first-order valence-corrected chi connectivity index (χ1v) is 9.53. The van der Waals surface area contributed by atoms with E-state index in [0.29, 0.717) is 23.7 Å². The van der Waals surface area contributed by atoms with Gasteiger partial charge in [-0.05, 0) is 84.2 Å². The maximum atomic E-state index is 12.4. The van der Waals surface area contributed by atoms with Crippen LogP contribution in [0.2, 0.25) is 0 Å². The molecule has 1 heterocycles. The lowest BCUT2D eigenvalue weighted by atomic mass is 9.72. The number of hydrogen-bond acceptors (Lipinski definition) is 2. The first-order chi connectivity index (χ1) is 11.0. The number of likely N-dealkylation sites (tertiary alicyclic amines) is 1. The average molecular weight is 318 g/mol. The Hall–Kier alpha value is -0.890. The zero-order valence-corrected chi connectivity index (χ0v) is 15.6. The number of carbonyl (C=O) groups is 1. The van der Waals surface area contributed by atoms with E-state index in [1.54, 1.807) is 0 Å². The van der Waals surface area contributed by atoms with Crippen molar-refractivity contribution >= 4 is 5.78 Å². The van der Waals surface area contributed by atoms with E-state index in [0.717, 1.165) is 6.42 Å². The summed E-state index contributed by atoms with van der Waals surface area (Å²) in [5.41, 5.74) is 1.41. The van der Waals surface area contributed by atoms with Crippen molar-refractivity contribution in [1.29, 1.82) is 0 Å². The highest BCUT2D eigenvalue weighted by atomic mass is 16.1. The summed E-state index contributed by atoms with van der Waals surface area (Å²) in [7, 11) is 0. The highest BCUT2D eigenvalue weighted by Gasteiger charge is 2.38. The van der Waals surface area contributed by atoms with E-state index in [2.05, 4.69) is 43.9 Å². The van der Waals surface area contributed by atoms with Crippen LogP contribution < -0.4 is 0 Å². The molecule has 0 saturated carbocycles. The predicted octanol–water partition coefficient (Wildman–Crippen LogP) is 5.00. The molecular formula is C21H35NO. The zero-order valence-electron chi connectivity index (χ0n) is 15.6. The van der Waals surface area contributed by atoms with Gasteiger partial charge in [-0.2, -0.15) is 0 Å². The number of ketones is 1. The van der Waals surface area contributed by atoms with Gasteiger partial charge in [0, 0.05) is 12.0 Å². The molecule has 0 amide bonds. The van der Waals surface area contributed by atoms with E-state index >= 15 is 0 Å². The lowest BCUT2D eigenvalue weighted by Crippen LogP contribution is -2.45. The Kier molecular flexibility index (Phi) is 7.08. The summed E-state index contributed by atoms with van der Waals surface area (Å²) in [5, 5.41) is 0. The molecule has 0 bridgehead atoms. The van der Waals surface area contributed by atoms with Crippen molar-refractivity contribution in [2.75, 3.05) is 13.1 Å². The molecule has 0 aromatic carbocycles. The van der Waals surface area contributed by atoms with Crippen molar-refractivity contribution in [3.63, 3.8) is 0 Å². The van der Waals surface area contributed by atoms with Gasteiger partial charge >= 0.3 is 0 Å². The normalized spacial score (nSPS) is 29.5. The quantitative estimate of drug-likeness (QED) is 0.616. The molecule has 2 heteroatoms. The fourth-order valence-electron chi connectivity index (χ4n) is 4.43. The summed E-state index contributed by atoms with van der Waals surface area (Å²) in [6.45, 7) is 10.8. The second-order valence-electron chi connectivity index (χ2n) is 7.99. The second kappa shape index (κ2) is 8.82. The van der Waals surface area contributed by atoms with Gasteiger partial charge in [-0.1, -0.05) is 30.7 Å². The first kappa shape index (κ1) is 18.4. The minimum Gasteiger partial charge on any atom is -0.300 e. The molecule has 1 aliphatic heterocycles.